The molecule has 7 heteroatoms. The minimum absolute atomic E-state index is 0.131. The molecule has 0 aromatic heterocycles. The van der Waals surface area contributed by atoms with Crippen LogP contribution in [0.5, 0.6) is 0 Å². The molecule has 7 nitrogen and oxygen atoms in total. The van der Waals surface area contributed by atoms with E-state index >= 15 is 0 Å². The number of amides is 3. The Labute approximate surface area is 142 Å². The van der Waals surface area contributed by atoms with Crippen molar-refractivity contribution in [3.8, 4) is 0 Å². The summed E-state index contributed by atoms with van der Waals surface area (Å²) < 4.78 is 0. The molecule has 0 unspecified atom stereocenters. The van der Waals surface area contributed by atoms with E-state index in [1.54, 1.807) is 26.1 Å². The van der Waals surface area contributed by atoms with E-state index in [-0.39, 0.29) is 24.3 Å². The number of nitrogens with one attached hydrogen (secondary N) is 3. The van der Waals surface area contributed by atoms with Crippen molar-refractivity contribution in [2.75, 3.05) is 27.2 Å². The Morgan fingerprint density at radius 2 is 1.79 bits per heavy atom. The summed E-state index contributed by atoms with van der Waals surface area (Å²) in [5, 5.41) is 7.90. The molecule has 0 aliphatic rings. The van der Waals surface area contributed by atoms with Crippen molar-refractivity contribution < 1.29 is 14.4 Å². The van der Waals surface area contributed by atoms with Crippen molar-refractivity contribution in [1.82, 2.24) is 20.9 Å². The van der Waals surface area contributed by atoms with Gasteiger partial charge in [0, 0.05) is 25.7 Å². The van der Waals surface area contributed by atoms with Gasteiger partial charge in [0.2, 0.25) is 11.8 Å². The summed E-state index contributed by atoms with van der Waals surface area (Å²) in [5.41, 5.74) is 1.59. The lowest BCUT2D eigenvalue weighted by molar-refractivity contribution is -0.129. The van der Waals surface area contributed by atoms with Crippen molar-refractivity contribution in [1.29, 1.82) is 0 Å². The van der Waals surface area contributed by atoms with E-state index in [1.807, 2.05) is 31.0 Å². The van der Waals surface area contributed by atoms with Gasteiger partial charge in [-0.1, -0.05) is 12.1 Å². The standard InChI is InChI=1S/C17H26N4O3/c1-5-19-16(23)12(2)20-15(22)11-21(4)10-13-6-8-14(9-7-13)17(24)18-3/h6-9,12H,5,10-11H2,1-4H3,(H,18,24)(H,19,23)(H,20,22)/t12-/m0/s1. The van der Waals surface area contributed by atoms with Gasteiger partial charge in [0.05, 0.1) is 6.54 Å². The minimum atomic E-state index is -0.558. The second kappa shape index (κ2) is 9.67. The van der Waals surface area contributed by atoms with Gasteiger partial charge < -0.3 is 16.0 Å². The van der Waals surface area contributed by atoms with Crippen LogP contribution in [0, 0.1) is 0 Å². The average Bonchev–Trinajstić information content (AvgIpc) is 2.54. The van der Waals surface area contributed by atoms with E-state index in [0.29, 0.717) is 18.7 Å². The first-order chi connectivity index (χ1) is 11.4. The Morgan fingerprint density at radius 1 is 1.17 bits per heavy atom. The molecule has 1 atom stereocenters. The summed E-state index contributed by atoms with van der Waals surface area (Å²) in [5.74, 6) is -0.537. The molecule has 0 saturated heterocycles. The van der Waals surface area contributed by atoms with Crippen LogP contribution in [0.25, 0.3) is 0 Å². The van der Waals surface area contributed by atoms with Crippen LogP contribution < -0.4 is 16.0 Å². The maximum absolute atomic E-state index is 12.0. The quantitative estimate of drug-likeness (QED) is 0.630. The summed E-state index contributed by atoms with van der Waals surface area (Å²) in [6, 6.07) is 6.66. The van der Waals surface area contributed by atoms with Gasteiger partial charge >= 0.3 is 0 Å². The first kappa shape index (κ1) is 19.6. The van der Waals surface area contributed by atoms with Crippen molar-refractivity contribution in [3.63, 3.8) is 0 Å². The summed E-state index contributed by atoms with van der Waals surface area (Å²) in [6.45, 7) is 4.76. The van der Waals surface area contributed by atoms with Gasteiger partial charge in [0.25, 0.3) is 5.91 Å². The van der Waals surface area contributed by atoms with Gasteiger partial charge in [-0.2, -0.15) is 0 Å². The lowest BCUT2D eigenvalue weighted by atomic mass is 10.1. The van der Waals surface area contributed by atoms with E-state index < -0.39 is 6.04 Å². The molecule has 0 aliphatic carbocycles. The molecule has 24 heavy (non-hydrogen) atoms. The van der Waals surface area contributed by atoms with E-state index in [9.17, 15) is 14.4 Å². The van der Waals surface area contributed by atoms with Gasteiger partial charge in [-0.05, 0) is 38.6 Å². The summed E-state index contributed by atoms with van der Waals surface area (Å²) >= 11 is 0. The molecule has 3 amide bonds. The van der Waals surface area contributed by atoms with Gasteiger partial charge in [-0.15, -0.1) is 0 Å². The number of hydrogen-bond donors (Lipinski definition) is 3. The van der Waals surface area contributed by atoms with Crippen molar-refractivity contribution in [2.45, 2.75) is 26.4 Å². The molecule has 132 valence electrons. The zero-order valence-electron chi connectivity index (χ0n) is 14.7. The zero-order chi connectivity index (χ0) is 18.1. The lowest BCUT2D eigenvalue weighted by Gasteiger charge is -2.19. The highest BCUT2D eigenvalue weighted by molar-refractivity contribution is 5.93. The number of carbonyl (C=O) groups is 3. The third-order valence-corrected chi connectivity index (χ3v) is 3.43. The Balaban J connectivity index is 2.47. The van der Waals surface area contributed by atoms with Crippen molar-refractivity contribution in [3.05, 3.63) is 35.4 Å². The van der Waals surface area contributed by atoms with Crippen LogP contribution in [0.4, 0.5) is 0 Å². The molecule has 0 spiro atoms. The van der Waals surface area contributed by atoms with Crippen LogP contribution >= 0.6 is 0 Å². The molecule has 1 aromatic carbocycles. The Morgan fingerprint density at radius 3 is 2.33 bits per heavy atom. The minimum Gasteiger partial charge on any atom is -0.355 e. The summed E-state index contributed by atoms with van der Waals surface area (Å²) in [6.07, 6.45) is 0. The Bertz CT molecular complexity index is 572. The molecule has 3 N–H and O–H groups in total. The monoisotopic (exact) mass is 334 g/mol. The van der Waals surface area contributed by atoms with Gasteiger partial charge in [0.1, 0.15) is 6.04 Å². The largest absolute Gasteiger partial charge is 0.355 e. The molecule has 1 rings (SSSR count). The SMILES string of the molecule is CCNC(=O)[C@H](C)NC(=O)CN(C)Cc1ccc(C(=O)NC)cc1. The smallest absolute Gasteiger partial charge is 0.251 e. The van der Waals surface area contributed by atoms with E-state index in [2.05, 4.69) is 16.0 Å². The fourth-order valence-electron chi connectivity index (χ4n) is 2.20. The predicted octanol–water partition coefficient (Wildman–Crippen LogP) is 0.119. The second-order valence-electron chi connectivity index (χ2n) is 5.63. The lowest BCUT2D eigenvalue weighted by Crippen LogP contribution is -2.47. The molecule has 0 aliphatic heterocycles. The molecule has 0 fully saturated rings. The highest BCUT2D eigenvalue weighted by Crippen LogP contribution is 2.06. The summed E-state index contributed by atoms with van der Waals surface area (Å²) in [4.78, 5) is 36.9. The van der Waals surface area contributed by atoms with Crippen LogP contribution in [-0.2, 0) is 16.1 Å². The molecular weight excluding hydrogens is 308 g/mol. The van der Waals surface area contributed by atoms with Crippen LogP contribution in [0.1, 0.15) is 29.8 Å². The average molecular weight is 334 g/mol. The van der Waals surface area contributed by atoms with Crippen molar-refractivity contribution in [2.24, 2.45) is 0 Å². The number of rotatable bonds is 8. The highest BCUT2D eigenvalue weighted by atomic mass is 16.2. The van der Waals surface area contributed by atoms with E-state index in [4.69, 9.17) is 0 Å². The third-order valence-electron chi connectivity index (χ3n) is 3.43. The molecule has 0 radical (unpaired) electrons. The van der Waals surface area contributed by atoms with E-state index in [1.165, 1.54) is 0 Å². The zero-order valence-corrected chi connectivity index (χ0v) is 14.7. The second-order valence-corrected chi connectivity index (χ2v) is 5.63. The topological polar surface area (TPSA) is 90.5 Å². The van der Waals surface area contributed by atoms with Crippen molar-refractivity contribution >= 4 is 17.7 Å². The van der Waals surface area contributed by atoms with Gasteiger partial charge in [-0.3, -0.25) is 19.3 Å². The maximum Gasteiger partial charge on any atom is 0.251 e. The first-order valence-corrected chi connectivity index (χ1v) is 7.94. The predicted molar refractivity (Wildman–Crippen MR) is 92.5 cm³/mol. The fraction of sp³-hybridized carbons (Fsp3) is 0.471. The number of likely N-dealkylation sites (N-methyl/N-ethyl adjacent to an activating group) is 2. The number of benzene rings is 1. The van der Waals surface area contributed by atoms with E-state index in [0.717, 1.165) is 5.56 Å². The van der Waals surface area contributed by atoms with Crippen LogP contribution in [-0.4, -0.2) is 55.8 Å². The molecular formula is C17H26N4O3. The highest BCUT2D eigenvalue weighted by Gasteiger charge is 2.15. The van der Waals surface area contributed by atoms with Crippen LogP contribution in [0.3, 0.4) is 0 Å². The van der Waals surface area contributed by atoms with Gasteiger partial charge in [0.15, 0.2) is 0 Å². The number of nitrogens with zero attached hydrogens (tertiary/aromatic N) is 1. The normalized spacial score (nSPS) is 11.7. The molecule has 1 aromatic rings. The maximum atomic E-state index is 12.0. The Hall–Kier alpha value is -2.41. The first-order valence-electron chi connectivity index (χ1n) is 7.94. The Kier molecular flexibility index (Phi) is 7.91. The van der Waals surface area contributed by atoms with Crippen LogP contribution in [0.2, 0.25) is 0 Å². The van der Waals surface area contributed by atoms with Gasteiger partial charge in [-0.25, -0.2) is 0 Å². The summed E-state index contributed by atoms with van der Waals surface area (Å²) in [7, 11) is 3.41. The van der Waals surface area contributed by atoms with Crippen LogP contribution in [0.15, 0.2) is 24.3 Å². The number of carbonyl (C=O) groups excluding carboxylic acids is 3. The molecule has 0 heterocycles. The molecule has 0 bridgehead atoms. The fourth-order valence-corrected chi connectivity index (χ4v) is 2.20. The molecule has 0 saturated carbocycles. The third kappa shape index (κ3) is 6.37. The number of hydrogen-bond acceptors (Lipinski definition) is 4.